The van der Waals surface area contributed by atoms with Crippen molar-refractivity contribution < 1.29 is 4.79 Å². The van der Waals surface area contributed by atoms with E-state index in [2.05, 4.69) is 27.5 Å². The van der Waals surface area contributed by atoms with E-state index < -0.39 is 0 Å². The van der Waals surface area contributed by atoms with Crippen LogP contribution in [0.3, 0.4) is 0 Å². The van der Waals surface area contributed by atoms with Gasteiger partial charge in [0.05, 0.1) is 21.6 Å². The Morgan fingerprint density at radius 3 is 2.63 bits per heavy atom. The molecule has 0 aliphatic carbocycles. The number of anilines is 1. The summed E-state index contributed by atoms with van der Waals surface area (Å²) in [5.41, 5.74) is 4.89. The Hall–Kier alpha value is -2.70. The van der Waals surface area contributed by atoms with Gasteiger partial charge in [0.15, 0.2) is 5.13 Å². The van der Waals surface area contributed by atoms with Crippen molar-refractivity contribution >= 4 is 44.2 Å². The molecule has 0 atom stereocenters. The van der Waals surface area contributed by atoms with Crippen LogP contribution in [-0.4, -0.2) is 20.7 Å². The molecule has 0 saturated heterocycles. The summed E-state index contributed by atoms with van der Waals surface area (Å²) in [4.78, 5) is 17.4. The van der Waals surface area contributed by atoms with Crippen molar-refractivity contribution in [1.82, 2.24) is 14.8 Å². The van der Waals surface area contributed by atoms with Crippen LogP contribution in [0.5, 0.6) is 0 Å². The topological polar surface area (TPSA) is 59.8 Å². The lowest BCUT2D eigenvalue weighted by Crippen LogP contribution is -2.13. The zero-order valence-corrected chi connectivity index (χ0v) is 16.6. The smallest absolute Gasteiger partial charge is 0.262 e. The number of fused-ring (bicyclic) bond motifs is 1. The molecule has 2 aromatic heterocycles. The van der Waals surface area contributed by atoms with Crippen LogP contribution in [-0.2, 0) is 0 Å². The number of amides is 1. The fourth-order valence-electron chi connectivity index (χ4n) is 3.08. The Balaban J connectivity index is 1.68. The summed E-state index contributed by atoms with van der Waals surface area (Å²) in [5.74, 6) is -0.312. The summed E-state index contributed by atoms with van der Waals surface area (Å²) in [6, 6.07) is 13.6. The Morgan fingerprint density at radius 2 is 1.89 bits per heavy atom. The zero-order chi connectivity index (χ0) is 19.1. The van der Waals surface area contributed by atoms with Crippen molar-refractivity contribution in [2.24, 2.45) is 0 Å². The molecule has 0 fully saturated rings. The number of halogens is 1. The van der Waals surface area contributed by atoms with Crippen molar-refractivity contribution in [2.45, 2.75) is 20.8 Å². The number of aromatic nitrogens is 3. The molecule has 0 unspecified atom stereocenters. The highest BCUT2D eigenvalue weighted by Gasteiger charge is 2.22. The highest BCUT2D eigenvalue weighted by molar-refractivity contribution is 7.22. The molecule has 4 rings (SSSR count). The number of benzene rings is 2. The molecule has 1 amide bonds. The fraction of sp³-hybridized carbons (Fsp3) is 0.150. The van der Waals surface area contributed by atoms with Crippen LogP contribution >= 0.6 is 22.9 Å². The summed E-state index contributed by atoms with van der Waals surface area (Å²) < 4.78 is 2.61. The van der Waals surface area contributed by atoms with E-state index in [1.165, 1.54) is 16.9 Å². The van der Waals surface area contributed by atoms with Crippen LogP contribution < -0.4 is 5.32 Å². The molecule has 4 aromatic rings. The molecular weight excluding hydrogens is 380 g/mol. The number of carbonyl (C=O) groups is 1. The number of rotatable bonds is 3. The molecule has 2 aromatic carbocycles. The third-order valence-corrected chi connectivity index (χ3v) is 5.55. The molecular formula is C20H17ClN4OS. The van der Waals surface area contributed by atoms with Crippen LogP contribution in [0, 0.1) is 20.8 Å². The minimum absolute atomic E-state index is 0.282. The van der Waals surface area contributed by atoms with Gasteiger partial charge >= 0.3 is 0 Å². The van der Waals surface area contributed by atoms with Gasteiger partial charge in [-0.05, 0) is 50.1 Å². The average Bonchev–Trinajstić information content (AvgIpc) is 3.16. The summed E-state index contributed by atoms with van der Waals surface area (Å²) in [7, 11) is 0. The van der Waals surface area contributed by atoms with Gasteiger partial charge in [0.25, 0.3) is 5.91 Å². The first-order valence-electron chi connectivity index (χ1n) is 8.43. The molecule has 7 heteroatoms. The van der Waals surface area contributed by atoms with Crippen LogP contribution in [0.4, 0.5) is 5.13 Å². The monoisotopic (exact) mass is 396 g/mol. The summed E-state index contributed by atoms with van der Waals surface area (Å²) in [5, 5.41) is 8.12. The van der Waals surface area contributed by atoms with E-state index in [9.17, 15) is 4.79 Å². The van der Waals surface area contributed by atoms with Crippen molar-refractivity contribution in [3.05, 3.63) is 70.0 Å². The summed E-state index contributed by atoms with van der Waals surface area (Å²) >= 11 is 7.92. The lowest BCUT2D eigenvalue weighted by molar-refractivity contribution is 0.102. The quantitative estimate of drug-likeness (QED) is 0.510. The van der Waals surface area contributed by atoms with Crippen LogP contribution in [0.2, 0.25) is 5.15 Å². The molecule has 2 heterocycles. The predicted octanol–water partition coefficient (Wildman–Crippen LogP) is 5.31. The Bertz CT molecular complexity index is 1160. The molecule has 0 spiro atoms. The van der Waals surface area contributed by atoms with E-state index in [4.69, 9.17) is 11.6 Å². The SMILES string of the molecule is Cc1cc(C)c2nc(NC(=O)c3c(C)nn(-c4ccccc4)c3Cl)sc2c1. The van der Waals surface area contributed by atoms with Gasteiger partial charge in [-0.2, -0.15) is 5.10 Å². The zero-order valence-electron chi connectivity index (χ0n) is 15.1. The second-order valence-corrected chi connectivity index (χ2v) is 7.79. The van der Waals surface area contributed by atoms with Gasteiger partial charge in [0.2, 0.25) is 0 Å². The minimum atomic E-state index is -0.312. The first-order chi connectivity index (χ1) is 12.9. The second kappa shape index (κ2) is 6.79. The van der Waals surface area contributed by atoms with Gasteiger partial charge in [-0.1, -0.05) is 47.2 Å². The molecule has 136 valence electrons. The molecule has 0 radical (unpaired) electrons. The Kier molecular flexibility index (Phi) is 4.45. The minimum Gasteiger partial charge on any atom is -0.298 e. The highest BCUT2D eigenvalue weighted by Crippen LogP contribution is 2.30. The first kappa shape index (κ1) is 17.7. The third-order valence-electron chi connectivity index (χ3n) is 4.28. The number of nitrogens with one attached hydrogen (secondary N) is 1. The van der Waals surface area contributed by atoms with E-state index in [0.717, 1.165) is 21.5 Å². The normalized spacial score (nSPS) is 11.1. The van der Waals surface area contributed by atoms with Gasteiger partial charge < -0.3 is 0 Å². The maximum absolute atomic E-state index is 12.8. The fourth-order valence-corrected chi connectivity index (χ4v) is 4.48. The highest BCUT2D eigenvalue weighted by atomic mass is 35.5. The predicted molar refractivity (Wildman–Crippen MR) is 110 cm³/mol. The van der Waals surface area contributed by atoms with Crippen molar-refractivity contribution in [1.29, 1.82) is 0 Å². The summed E-state index contributed by atoms with van der Waals surface area (Å²) in [6.07, 6.45) is 0. The number of para-hydroxylation sites is 1. The molecule has 5 nitrogen and oxygen atoms in total. The van der Waals surface area contributed by atoms with Crippen molar-refractivity contribution in [3.63, 3.8) is 0 Å². The molecule has 0 saturated carbocycles. The van der Waals surface area contributed by atoms with Gasteiger partial charge in [0, 0.05) is 0 Å². The maximum atomic E-state index is 12.8. The maximum Gasteiger partial charge on any atom is 0.262 e. The van der Waals surface area contributed by atoms with Crippen molar-refractivity contribution in [2.75, 3.05) is 5.32 Å². The molecule has 0 aliphatic rings. The number of hydrogen-bond acceptors (Lipinski definition) is 4. The van der Waals surface area contributed by atoms with Gasteiger partial charge in [-0.3, -0.25) is 10.1 Å². The van der Waals surface area contributed by atoms with Crippen LogP contribution in [0.25, 0.3) is 15.9 Å². The Labute approximate surface area is 165 Å². The van der Waals surface area contributed by atoms with Crippen LogP contribution in [0.1, 0.15) is 27.2 Å². The number of carbonyl (C=O) groups excluding carboxylic acids is 1. The lowest BCUT2D eigenvalue weighted by Gasteiger charge is -2.03. The number of hydrogen-bond donors (Lipinski definition) is 1. The number of thiazole rings is 1. The second-order valence-electron chi connectivity index (χ2n) is 6.40. The average molecular weight is 397 g/mol. The van der Waals surface area contributed by atoms with Crippen LogP contribution in [0.15, 0.2) is 42.5 Å². The standard InChI is InChI=1S/C20H17ClN4OS/c1-11-9-12(2)17-15(10-11)27-20(22-17)23-19(26)16-13(3)24-25(18(16)21)14-7-5-4-6-8-14/h4-10H,1-3H3,(H,22,23,26). The molecule has 27 heavy (non-hydrogen) atoms. The van der Waals surface area contributed by atoms with Gasteiger partial charge in [0.1, 0.15) is 10.7 Å². The van der Waals surface area contributed by atoms with E-state index in [1.807, 2.05) is 44.2 Å². The van der Waals surface area contributed by atoms with Gasteiger partial charge in [-0.25, -0.2) is 9.67 Å². The van der Waals surface area contributed by atoms with E-state index in [-0.39, 0.29) is 11.1 Å². The largest absolute Gasteiger partial charge is 0.298 e. The van der Waals surface area contributed by atoms with Crippen molar-refractivity contribution in [3.8, 4) is 5.69 Å². The van der Waals surface area contributed by atoms with E-state index in [1.54, 1.807) is 11.6 Å². The number of nitrogens with zero attached hydrogens (tertiary/aromatic N) is 3. The third kappa shape index (κ3) is 3.22. The van der Waals surface area contributed by atoms with E-state index >= 15 is 0 Å². The molecule has 0 aliphatic heterocycles. The van der Waals surface area contributed by atoms with Gasteiger partial charge in [-0.15, -0.1) is 0 Å². The lowest BCUT2D eigenvalue weighted by atomic mass is 10.1. The molecule has 0 bridgehead atoms. The first-order valence-corrected chi connectivity index (χ1v) is 9.63. The van der Waals surface area contributed by atoms with E-state index in [0.29, 0.717) is 16.4 Å². The Morgan fingerprint density at radius 1 is 1.15 bits per heavy atom. The number of aryl methyl sites for hydroxylation is 3. The molecule has 1 N–H and O–H groups in total. The summed E-state index contributed by atoms with van der Waals surface area (Å²) in [6.45, 7) is 5.84.